The lowest BCUT2D eigenvalue weighted by atomic mass is 10.1. The van der Waals surface area contributed by atoms with Crippen molar-refractivity contribution in [1.29, 1.82) is 0 Å². The number of esters is 1. The average molecular weight is 585 g/mol. The van der Waals surface area contributed by atoms with Crippen LogP contribution < -0.4 is 37.4 Å². The Morgan fingerprint density at radius 1 is 0.952 bits per heavy atom. The molecule has 4 aromatic rings. The van der Waals surface area contributed by atoms with E-state index in [2.05, 4.69) is 20.7 Å². The maximum Gasteiger partial charge on any atom is 0.430 e. The van der Waals surface area contributed by atoms with Gasteiger partial charge in [-0.15, -0.1) is 0 Å². The van der Waals surface area contributed by atoms with E-state index < -0.39 is 35.3 Å². The molecule has 0 spiro atoms. The predicted molar refractivity (Wildman–Crippen MR) is 140 cm³/mol. The van der Waals surface area contributed by atoms with Crippen LogP contribution in [-0.2, 0) is 16.0 Å². The number of carboxylic acids is 1. The van der Waals surface area contributed by atoms with E-state index in [-0.39, 0.29) is 22.2 Å². The number of alkyl halides is 3. The van der Waals surface area contributed by atoms with Crippen molar-refractivity contribution in [2.45, 2.75) is 18.6 Å². The van der Waals surface area contributed by atoms with Crippen molar-refractivity contribution in [3.05, 3.63) is 121 Å². The lowest BCUT2D eigenvalue weighted by molar-refractivity contribution is -0.406. The van der Waals surface area contributed by atoms with Crippen LogP contribution in [0.4, 0.5) is 13.2 Å². The summed E-state index contributed by atoms with van der Waals surface area (Å²) < 4.78 is 36.9. The second-order valence-corrected chi connectivity index (χ2v) is 8.63. The molecule has 0 bridgehead atoms. The lowest BCUT2D eigenvalue weighted by Gasteiger charge is -2.09. The molecule has 0 fully saturated rings. The number of pyridine rings is 1. The molecule has 0 radical (unpaired) electrons. The number of rotatable bonds is 6. The summed E-state index contributed by atoms with van der Waals surface area (Å²) in [6.07, 6.45) is -0.483. The zero-order valence-corrected chi connectivity index (χ0v) is 21.6. The fraction of sp³-hybridized carbons (Fsp3) is 0.107. The molecule has 2 aromatic heterocycles. The highest BCUT2D eigenvalue weighted by Gasteiger charge is 2.28. The first kappa shape index (κ1) is 31.0. The highest BCUT2D eigenvalue weighted by Crippen LogP contribution is 2.13. The SMILES string of the molecule is O=C([O-])C(F)(F)F.[NH3+]C(Cc1ccc(O)cc1)C(=O)Oc1ccc(/C=c2\[nH]c(=O)/c(=C/c3ccccc3)[nH]c2=O)nc1. The number of aromatic amines is 2. The summed E-state index contributed by atoms with van der Waals surface area (Å²) in [6.45, 7) is 0. The number of benzene rings is 2. The minimum Gasteiger partial charge on any atom is -0.542 e. The number of aliphatic carboxylic acids is 1. The fourth-order valence-electron chi connectivity index (χ4n) is 3.30. The van der Waals surface area contributed by atoms with Gasteiger partial charge >= 0.3 is 12.1 Å². The van der Waals surface area contributed by atoms with Gasteiger partial charge in [-0.3, -0.25) is 14.6 Å². The minimum atomic E-state index is -5.19. The number of quaternary nitrogens is 1. The van der Waals surface area contributed by atoms with E-state index in [1.54, 1.807) is 36.4 Å². The van der Waals surface area contributed by atoms with E-state index in [4.69, 9.17) is 14.6 Å². The number of hydrogen-bond donors (Lipinski definition) is 4. The van der Waals surface area contributed by atoms with Crippen molar-refractivity contribution in [1.82, 2.24) is 15.0 Å². The molecule has 1 atom stereocenters. The zero-order chi connectivity index (χ0) is 30.9. The smallest absolute Gasteiger partial charge is 0.430 e. The number of carbonyl (C=O) groups is 2. The van der Waals surface area contributed by atoms with Crippen molar-refractivity contribution in [3.8, 4) is 11.5 Å². The highest BCUT2D eigenvalue weighted by atomic mass is 19.4. The van der Waals surface area contributed by atoms with Crippen LogP contribution >= 0.6 is 0 Å². The molecule has 42 heavy (non-hydrogen) atoms. The normalized spacial score (nSPS) is 12.7. The first-order chi connectivity index (χ1) is 19.8. The van der Waals surface area contributed by atoms with Crippen molar-refractivity contribution >= 4 is 24.1 Å². The number of aromatic hydroxyl groups is 1. The molecule has 0 aliphatic rings. The molecule has 6 N–H and O–H groups in total. The molecule has 2 heterocycles. The van der Waals surface area contributed by atoms with Gasteiger partial charge in [0.2, 0.25) is 0 Å². The maximum absolute atomic E-state index is 12.4. The van der Waals surface area contributed by atoms with Crippen LogP contribution in [0.2, 0.25) is 0 Å². The molecule has 4 rings (SSSR count). The van der Waals surface area contributed by atoms with Gasteiger partial charge in [0.05, 0.1) is 11.9 Å². The molecule has 0 saturated carbocycles. The van der Waals surface area contributed by atoms with E-state index >= 15 is 0 Å². The topological polar surface area (TPSA) is 193 Å². The number of aromatic nitrogens is 3. The molecule has 0 aliphatic heterocycles. The van der Waals surface area contributed by atoms with Crippen molar-refractivity contribution < 1.29 is 43.4 Å². The Bertz CT molecular complexity index is 1770. The van der Waals surface area contributed by atoms with E-state index in [9.17, 15) is 32.7 Å². The highest BCUT2D eigenvalue weighted by molar-refractivity contribution is 5.77. The number of halogens is 3. The molecular weight excluding hydrogens is 561 g/mol. The second kappa shape index (κ2) is 13.7. The van der Waals surface area contributed by atoms with Crippen LogP contribution in [0, 0.1) is 0 Å². The molecule has 1 unspecified atom stereocenters. The minimum absolute atomic E-state index is 0.0455. The van der Waals surface area contributed by atoms with Crippen LogP contribution in [-0.4, -0.2) is 44.2 Å². The molecule has 0 aliphatic carbocycles. The maximum atomic E-state index is 12.4. The summed E-state index contributed by atoms with van der Waals surface area (Å²) in [7, 11) is 0. The summed E-state index contributed by atoms with van der Waals surface area (Å²) in [5.41, 5.74) is 4.93. The number of hydrogen-bond acceptors (Lipinski definition) is 8. The number of H-pyrrole nitrogens is 2. The van der Waals surface area contributed by atoms with Gasteiger partial charge in [0.25, 0.3) is 11.1 Å². The van der Waals surface area contributed by atoms with Crippen molar-refractivity contribution in [3.63, 3.8) is 0 Å². The number of ether oxygens (including phenoxy) is 1. The molecule has 0 saturated heterocycles. The summed E-state index contributed by atoms with van der Waals surface area (Å²) in [5.74, 6) is -3.16. The second-order valence-electron chi connectivity index (χ2n) is 8.63. The summed E-state index contributed by atoms with van der Waals surface area (Å²) in [4.78, 5) is 55.3. The molecule has 11 nitrogen and oxygen atoms in total. The van der Waals surface area contributed by atoms with E-state index in [1.807, 2.05) is 30.3 Å². The van der Waals surface area contributed by atoms with E-state index in [0.717, 1.165) is 11.1 Å². The van der Waals surface area contributed by atoms with Crippen LogP contribution in [0.25, 0.3) is 12.2 Å². The lowest BCUT2D eigenvalue weighted by Crippen LogP contribution is -2.67. The van der Waals surface area contributed by atoms with Crippen molar-refractivity contribution in [2.24, 2.45) is 0 Å². The Kier molecular flexibility index (Phi) is 10.1. The Balaban J connectivity index is 0.000000616. The molecule has 0 amide bonds. The number of phenols is 1. The van der Waals surface area contributed by atoms with Crippen LogP contribution in [0.3, 0.4) is 0 Å². The third kappa shape index (κ3) is 9.31. The number of carboxylic acid groups (broad SMARTS) is 1. The monoisotopic (exact) mass is 584 g/mol. The zero-order valence-electron chi connectivity index (χ0n) is 21.6. The van der Waals surface area contributed by atoms with Gasteiger partial charge in [0, 0.05) is 6.42 Å². The Morgan fingerprint density at radius 2 is 1.52 bits per heavy atom. The number of nitrogens with one attached hydrogen (secondary N) is 2. The molecule has 14 heteroatoms. The Labute approximate surface area is 234 Å². The van der Waals surface area contributed by atoms with Gasteiger partial charge in [-0.25, -0.2) is 4.79 Å². The van der Waals surface area contributed by atoms with Crippen molar-refractivity contribution in [2.75, 3.05) is 0 Å². The number of carbonyl (C=O) groups excluding carboxylic acids is 2. The van der Waals surface area contributed by atoms with Gasteiger partial charge in [-0.05, 0) is 47.5 Å². The fourth-order valence-corrected chi connectivity index (χ4v) is 3.30. The third-order valence-corrected chi connectivity index (χ3v) is 5.35. The molecule has 218 valence electrons. The van der Waals surface area contributed by atoms with Gasteiger partial charge in [0.15, 0.2) is 6.04 Å². The number of phenolic OH excluding ortho intramolecular Hbond substituents is 1. The van der Waals surface area contributed by atoms with Gasteiger partial charge < -0.3 is 35.4 Å². The van der Waals surface area contributed by atoms with Gasteiger partial charge in [-0.2, -0.15) is 13.2 Å². The molecular formula is C28H23F3N4O7. The Hall–Kier alpha value is -5.50. The predicted octanol–water partition coefficient (Wildman–Crippen LogP) is -1.12. The van der Waals surface area contributed by atoms with Gasteiger partial charge in [-0.1, -0.05) is 42.5 Å². The summed E-state index contributed by atoms with van der Waals surface area (Å²) in [6, 6.07) is 18.1. The first-order valence-corrected chi connectivity index (χ1v) is 12.0. The molecule has 2 aromatic carbocycles. The van der Waals surface area contributed by atoms with Crippen LogP contribution in [0.1, 0.15) is 16.8 Å². The standard InChI is InChI=1S/C26H22N4O5.C2HF3O2/c27-21(12-17-6-9-19(31)10-7-17)26(34)35-20-11-8-18(28-15-20)14-23-25(33)29-22(24(32)30-23)13-16-4-2-1-3-5-16;3-2(4,5)1(6)7/h1-11,13-15,21,31H,12,27H2,(H,29,33)(H,30,32);(H,6,7)/b22-13-,23-14-;. The summed E-state index contributed by atoms with van der Waals surface area (Å²) >= 11 is 0. The summed E-state index contributed by atoms with van der Waals surface area (Å²) in [5, 5.41) is 18.3. The largest absolute Gasteiger partial charge is 0.542 e. The third-order valence-electron chi connectivity index (χ3n) is 5.35. The van der Waals surface area contributed by atoms with E-state index in [1.165, 1.54) is 18.3 Å². The first-order valence-electron chi connectivity index (χ1n) is 12.0. The van der Waals surface area contributed by atoms with Crippen LogP contribution in [0.5, 0.6) is 11.5 Å². The van der Waals surface area contributed by atoms with Crippen LogP contribution in [0.15, 0.2) is 82.5 Å². The Morgan fingerprint density at radius 3 is 2.05 bits per heavy atom. The van der Waals surface area contributed by atoms with Gasteiger partial charge in [0.1, 0.15) is 28.2 Å². The average Bonchev–Trinajstić information content (AvgIpc) is 2.94. The van der Waals surface area contributed by atoms with E-state index in [0.29, 0.717) is 12.1 Å². The number of nitrogens with zero attached hydrogens (tertiary/aromatic N) is 1. The quantitative estimate of drug-likeness (QED) is 0.205.